The SMILES string of the molecule is Cc1cnc(-c2cc(N)cc(F)c2)o1. The molecule has 2 rings (SSSR count). The molecule has 0 amide bonds. The van der Waals surface area contributed by atoms with Crippen LogP contribution in [-0.4, -0.2) is 4.98 Å². The lowest BCUT2D eigenvalue weighted by Crippen LogP contribution is -1.88. The summed E-state index contributed by atoms with van der Waals surface area (Å²) in [5, 5.41) is 0. The summed E-state index contributed by atoms with van der Waals surface area (Å²) in [7, 11) is 0. The summed E-state index contributed by atoms with van der Waals surface area (Å²) in [4.78, 5) is 3.98. The molecule has 0 radical (unpaired) electrons. The van der Waals surface area contributed by atoms with Crippen molar-refractivity contribution in [3.63, 3.8) is 0 Å². The zero-order valence-corrected chi connectivity index (χ0v) is 7.62. The Hall–Kier alpha value is -1.84. The van der Waals surface area contributed by atoms with E-state index in [0.29, 0.717) is 22.9 Å². The van der Waals surface area contributed by atoms with Crippen LogP contribution in [-0.2, 0) is 0 Å². The zero-order chi connectivity index (χ0) is 10.1. The van der Waals surface area contributed by atoms with E-state index in [2.05, 4.69) is 4.98 Å². The van der Waals surface area contributed by atoms with E-state index in [1.807, 2.05) is 0 Å². The Balaban J connectivity index is 2.51. The van der Waals surface area contributed by atoms with Gasteiger partial charge >= 0.3 is 0 Å². The number of anilines is 1. The van der Waals surface area contributed by atoms with Gasteiger partial charge in [-0.2, -0.15) is 0 Å². The largest absolute Gasteiger partial charge is 0.441 e. The fourth-order valence-corrected chi connectivity index (χ4v) is 1.22. The minimum absolute atomic E-state index is 0.357. The van der Waals surface area contributed by atoms with Crippen molar-refractivity contribution in [1.29, 1.82) is 0 Å². The van der Waals surface area contributed by atoms with Gasteiger partial charge in [-0.25, -0.2) is 9.37 Å². The van der Waals surface area contributed by atoms with Gasteiger partial charge in [-0.1, -0.05) is 0 Å². The van der Waals surface area contributed by atoms with Crippen LogP contribution in [0.2, 0.25) is 0 Å². The highest BCUT2D eigenvalue weighted by Gasteiger charge is 2.06. The van der Waals surface area contributed by atoms with Gasteiger partial charge in [-0.3, -0.25) is 0 Å². The highest BCUT2D eigenvalue weighted by atomic mass is 19.1. The van der Waals surface area contributed by atoms with Gasteiger partial charge in [0.2, 0.25) is 5.89 Å². The van der Waals surface area contributed by atoms with E-state index in [1.54, 1.807) is 19.2 Å². The zero-order valence-electron chi connectivity index (χ0n) is 7.62. The van der Waals surface area contributed by atoms with Crippen molar-refractivity contribution in [2.24, 2.45) is 0 Å². The third-order valence-electron chi connectivity index (χ3n) is 1.79. The van der Waals surface area contributed by atoms with Gasteiger partial charge in [0.25, 0.3) is 0 Å². The third kappa shape index (κ3) is 1.59. The lowest BCUT2D eigenvalue weighted by molar-refractivity contribution is 0.541. The number of nitrogens with two attached hydrogens (primary N) is 1. The van der Waals surface area contributed by atoms with Crippen molar-refractivity contribution < 1.29 is 8.81 Å². The second-order valence-electron chi connectivity index (χ2n) is 3.05. The Labute approximate surface area is 80.4 Å². The second-order valence-corrected chi connectivity index (χ2v) is 3.05. The van der Waals surface area contributed by atoms with Gasteiger partial charge in [-0.15, -0.1) is 0 Å². The molecule has 2 aromatic rings. The maximum atomic E-state index is 13.0. The van der Waals surface area contributed by atoms with Gasteiger partial charge in [0.05, 0.1) is 6.20 Å². The molecule has 72 valence electrons. The molecule has 0 saturated heterocycles. The van der Waals surface area contributed by atoms with E-state index < -0.39 is 5.82 Å². The molecule has 1 aromatic heterocycles. The summed E-state index contributed by atoms with van der Waals surface area (Å²) >= 11 is 0. The highest BCUT2D eigenvalue weighted by Crippen LogP contribution is 2.22. The molecule has 0 atom stereocenters. The molecule has 0 unspecified atom stereocenters. The van der Waals surface area contributed by atoms with Crippen molar-refractivity contribution in [2.45, 2.75) is 6.92 Å². The van der Waals surface area contributed by atoms with Crippen LogP contribution in [0.3, 0.4) is 0 Å². The number of rotatable bonds is 1. The smallest absolute Gasteiger partial charge is 0.226 e. The van der Waals surface area contributed by atoms with Crippen molar-refractivity contribution >= 4 is 5.69 Å². The van der Waals surface area contributed by atoms with Crippen molar-refractivity contribution in [1.82, 2.24) is 4.98 Å². The van der Waals surface area contributed by atoms with Crippen LogP contribution in [0.25, 0.3) is 11.5 Å². The Morgan fingerprint density at radius 1 is 1.36 bits per heavy atom. The molecule has 0 aliphatic heterocycles. The van der Waals surface area contributed by atoms with Gasteiger partial charge in [0.15, 0.2) is 0 Å². The third-order valence-corrected chi connectivity index (χ3v) is 1.79. The lowest BCUT2D eigenvalue weighted by Gasteiger charge is -1.98. The predicted octanol–water partition coefficient (Wildman–Crippen LogP) is 2.37. The van der Waals surface area contributed by atoms with Crippen LogP contribution in [0.15, 0.2) is 28.8 Å². The number of hydrogen-bond acceptors (Lipinski definition) is 3. The molecule has 1 aromatic carbocycles. The molecule has 0 spiro atoms. The van der Waals surface area contributed by atoms with Crippen molar-refractivity contribution in [3.8, 4) is 11.5 Å². The first kappa shape index (κ1) is 8.74. The Morgan fingerprint density at radius 2 is 2.14 bits per heavy atom. The van der Waals surface area contributed by atoms with Gasteiger partial charge in [0, 0.05) is 11.3 Å². The Bertz CT molecular complexity index is 445. The number of aryl methyl sites for hydroxylation is 1. The Kier molecular flexibility index (Phi) is 1.96. The van der Waals surface area contributed by atoms with E-state index in [9.17, 15) is 4.39 Å². The molecular formula is C10H9FN2O. The average molecular weight is 192 g/mol. The lowest BCUT2D eigenvalue weighted by atomic mass is 10.2. The van der Waals surface area contributed by atoms with Crippen LogP contribution in [0.4, 0.5) is 10.1 Å². The normalized spacial score (nSPS) is 10.4. The number of halogens is 1. The minimum atomic E-state index is -0.393. The molecule has 0 saturated carbocycles. The molecule has 4 heteroatoms. The van der Waals surface area contributed by atoms with E-state index in [1.165, 1.54) is 12.1 Å². The molecule has 0 fully saturated rings. The quantitative estimate of drug-likeness (QED) is 0.705. The van der Waals surface area contributed by atoms with Crippen LogP contribution >= 0.6 is 0 Å². The second kappa shape index (κ2) is 3.14. The monoisotopic (exact) mass is 192 g/mol. The van der Waals surface area contributed by atoms with Crippen LogP contribution in [0, 0.1) is 12.7 Å². The minimum Gasteiger partial charge on any atom is -0.441 e. The maximum absolute atomic E-state index is 13.0. The molecule has 2 N–H and O–H groups in total. The summed E-state index contributed by atoms with van der Waals surface area (Å²) in [5.41, 5.74) is 6.40. The molecule has 0 bridgehead atoms. The van der Waals surface area contributed by atoms with E-state index in [-0.39, 0.29) is 0 Å². The molecule has 1 heterocycles. The predicted molar refractivity (Wildman–Crippen MR) is 51.0 cm³/mol. The van der Waals surface area contributed by atoms with Crippen LogP contribution < -0.4 is 5.73 Å². The van der Waals surface area contributed by atoms with Crippen molar-refractivity contribution in [2.75, 3.05) is 5.73 Å². The van der Waals surface area contributed by atoms with Crippen LogP contribution in [0.5, 0.6) is 0 Å². The summed E-state index contributed by atoms with van der Waals surface area (Å²) in [6.07, 6.45) is 1.58. The summed E-state index contributed by atoms with van der Waals surface area (Å²) in [6.45, 7) is 1.78. The van der Waals surface area contributed by atoms with Gasteiger partial charge in [-0.05, 0) is 25.1 Å². The first-order chi connectivity index (χ1) is 6.65. The number of hydrogen-bond donors (Lipinski definition) is 1. The number of nitrogens with zero attached hydrogens (tertiary/aromatic N) is 1. The molecule has 0 aliphatic carbocycles. The van der Waals surface area contributed by atoms with E-state index >= 15 is 0 Å². The average Bonchev–Trinajstić information content (AvgIpc) is 2.50. The fourth-order valence-electron chi connectivity index (χ4n) is 1.22. The standard InChI is InChI=1S/C10H9FN2O/c1-6-5-13-10(14-6)7-2-8(11)4-9(12)3-7/h2-5H,12H2,1H3. The van der Waals surface area contributed by atoms with Crippen molar-refractivity contribution in [3.05, 3.63) is 36.0 Å². The summed E-state index contributed by atoms with van der Waals surface area (Å²) in [6, 6.07) is 4.20. The maximum Gasteiger partial charge on any atom is 0.226 e. The number of benzene rings is 1. The van der Waals surface area contributed by atoms with E-state index in [0.717, 1.165) is 0 Å². The highest BCUT2D eigenvalue weighted by molar-refractivity contribution is 5.59. The van der Waals surface area contributed by atoms with E-state index in [4.69, 9.17) is 10.2 Å². The summed E-state index contributed by atoms with van der Waals surface area (Å²) < 4.78 is 18.2. The topological polar surface area (TPSA) is 52.0 Å². The number of oxazole rings is 1. The fraction of sp³-hybridized carbons (Fsp3) is 0.100. The molecule has 14 heavy (non-hydrogen) atoms. The van der Waals surface area contributed by atoms with Gasteiger partial charge < -0.3 is 10.2 Å². The Morgan fingerprint density at radius 3 is 2.71 bits per heavy atom. The number of aromatic nitrogens is 1. The number of nitrogen functional groups attached to an aromatic ring is 1. The van der Waals surface area contributed by atoms with Crippen LogP contribution in [0.1, 0.15) is 5.76 Å². The molecule has 3 nitrogen and oxygen atoms in total. The first-order valence-corrected chi connectivity index (χ1v) is 4.14. The summed E-state index contributed by atoms with van der Waals surface area (Å²) in [5.74, 6) is 0.674. The molecule has 0 aliphatic rings. The molecular weight excluding hydrogens is 183 g/mol. The van der Waals surface area contributed by atoms with Gasteiger partial charge in [0.1, 0.15) is 11.6 Å². The first-order valence-electron chi connectivity index (χ1n) is 4.14.